The van der Waals surface area contributed by atoms with Gasteiger partial charge < -0.3 is 44.6 Å². The lowest BCUT2D eigenvalue weighted by Crippen LogP contribution is -2.51. The average Bonchev–Trinajstić information content (AvgIpc) is 3.59. The Morgan fingerprint density at radius 3 is 2.20 bits per heavy atom. The van der Waals surface area contributed by atoms with E-state index < -0.39 is 32.8 Å². The van der Waals surface area contributed by atoms with Gasteiger partial charge in [0.2, 0.25) is 0 Å². The van der Waals surface area contributed by atoms with E-state index in [0.717, 1.165) is 16.8 Å². The quantitative estimate of drug-likeness (QED) is 0.0800. The highest BCUT2D eigenvalue weighted by Gasteiger charge is 2.49. The van der Waals surface area contributed by atoms with E-state index in [9.17, 15) is 19.5 Å². The lowest BCUT2D eigenvalue weighted by Gasteiger charge is -2.42. The van der Waals surface area contributed by atoms with Crippen molar-refractivity contribution >= 4 is 37.8 Å². The fraction of sp³-hybridized carbons (Fsp3) is 0.533. The number of ether oxygens (including phenoxy) is 3. The van der Waals surface area contributed by atoms with E-state index in [-0.39, 0.29) is 65.0 Å². The summed E-state index contributed by atoms with van der Waals surface area (Å²) in [4.78, 5) is 43.3. The number of nitrogens with one attached hydrogen (secondary N) is 3. The summed E-state index contributed by atoms with van der Waals surface area (Å²) in [7, 11) is -0.978. The molecule has 2 aliphatic rings. The molecule has 0 unspecified atom stereocenters. The number of alkyl carbamates (subject to hydrolysis) is 1. The number of aliphatic hydroxyl groups excluding tert-OH is 1. The summed E-state index contributed by atoms with van der Waals surface area (Å²) in [6.07, 6.45) is 4.70. The fourth-order valence-corrected chi connectivity index (χ4v) is 13.4. The molecule has 0 saturated carbocycles. The summed E-state index contributed by atoms with van der Waals surface area (Å²) in [6, 6.07) is 10.1. The van der Waals surface area contributed by atoms with Crippen LogP contribution in [0, 0.1) is 5.92 Å². The second kappa shape index (κ2) is 20.9. The lowest BCUT2D eigenvalue weighted by molar-refractivity contribution is 0.0545. The minimum Gasteiger partial charge on any atom is -0.540 e. The van der Waals surface area contributed by atoms with Crippen LogP contribution in [0.1, 0.15) is 91.6 Å². The van der Waals surface area contributed by atoms with Crippen LogP contribution in [0.3, 0.4) is 0 Å². The van der Waals surface area contributed by atoms with Gasteiger partial charge in [-0.2, -0.15) is 0 Å². The standard InChI is InChI=1S/C45H67N5O8Si/c1-13-15-34-21-39-43(52)50(38-23-41(58-59(29(5)6,30(7)8)31(9)10)40(55-12)22-36(38)42(51)49(39)26-34)45(54)57-27-33-16-18-35(19-17-33)47-24-32(11)46-25-37(28(3)4)48-44(53)56-20-14-2/h13-19,22-23,26,28-32,37,39,43,46-47,52H,2,20-21,24-25,27H2,1,3-12H3,(H,48,53)/b15-13+/t32-,37+,39-,43-/m0/s1. The third-order valence-corrected chi connectivity index (χ3v) is 17.3. The molecule has 14 heteroatoms. The SMILES string of the molecule is C=CCOC(=O)N[C@H](CN[C@@H](C)CNc1ccc(COC(=O)N2c3cc(O[Si](C(C)C)(C(C)C)C(C)C)c(OC)cc3C(=O)N3C=C(/C=C/C)C[C@H]3[C@@H]2O)cc1)C(C)C. The van der Waals surface area contributed by atoms with Gasteiger partial charge in [-0.1, -0.05) is 92.3 Å². The zero-order valence-electron chi connectivity index (χ0n) is 36.8. The Kier molecular flexibility index (Phi) is 16.6. The smallest absolute Gasteiger partial charge is 0.416 e. The first kappa shape index (κ1) is 46.9. The molecule has 0 aliphatic carbocycles. The molecule has 2 aliphatic heterocycles. The molecule has 13 nitrogen and oxygen atoms in total. The number of hydrogen-bond acceptors (Lipinski definition) is 10. The molecule has 59 heavy (non-hydrogen) atoms. The number of rotatable bonds is 19. The predicted molar refractivity (Wildman–Crippen MR) is 237 cm³/mol. The Hall–Kier alpha value is -4.79. The topological polar surface area (TPSA) is 151 Å². The van der Waals surface area contributed by atoms with Crippen molar-refractivity contribution in [1.82, 2.24) is 15.5 Å². The Balaban J connectivity index is 1.53. The molecule has 3 amide bonds. The number of hydrogen-bond donors (Lipinski definition) is 4. The summed E-state index contributed by atoms with van der Waals surface area (Å²) in [5, 5.41) is 21.8. The normalized spacial score (nSPS) is 17.8. The Morgan fingerprint density at radius 2 is 1.63 bits per heavy atom. The zero-order chi connectivity index (χ0) is 43.6. The van der Waals surface area contributed by atoms with Gasteiger partial charge in [0.25, 0.3) is 14.2 Å². The number of aliphatic hydroxyl groups is 1. The van der Waals surface area contributed by atoms with Crippen LogP contribution in [0.25, 0.3) is 0 Å². The van der Waals surface area contributed by atoms with E-state index in [2.05, 4.69) is 71.0 Å². The van der Waals surface area contributed by atoms with Gasteiger partial charge in [0.05, 0.1) is 24.4 Å². The Labute approximate surface area is 352 Å². The molecular formula is C45H67N5O8Si. The highest BCUT2D eigenvalue weighted by molar-refractivity contribution is 6.78. The highest BCUT2D eigenvalue weighted by atomic mass is 28.4. The lowest BCUT2D eigenvalue weighted by atomic mass is 10.0. The molecule has 0 saturated heterocycles. The number of allylic oxidation sites excluding steroid dienone is 2. The van der Waals surface area contributed by atoms with Gasteiger partial charge in [-0.05, 0) is 72.1 Å². The third-order valence-electron chi connectivity index (χ3n) is 11.3. The summed E-state index contributed by atoms with van der Waals surface area (Å²) in [6.45, 7) is 26.0. The van der Waals surface area contributed by atoms with Gasteiger partial charge in [0.1, 0.15) is 19.0 Å². The highest BCUT2D eigenvalue weighted by Crippen LogP contribution is 2.48. The Morgan fingerprint density at radius 1 is 0.966 bits per heavy atom. The van der Waals surface area contributed by atoms with Crippen LogP contribution in [0.4, 0.5) is 21.0 Å². The van der Waals surface area contributed by atoms with Gasteiger partial charge >= 0.3 is 12.2 Å². The van der Waals surface area contributed by atoms with Gasteiger partial charge in [0.15, 0.2) is 12.0 Å². The van der Waals surface area contributed by atoms with Crippen LogP contribution < -0.4 is 30.0 Å². The molecule has 2 aromatic rings. The first-order valence-corrected chi connectivity index (χ1v) is 22.9. The fourth-order valence-electron chi connectivity index (χ4n) is 8.20. The first-order valence-electron chi connectivity index (χ1n) is 20.8. The number of fused-ring (bicyclic) bond motifs is 2. The van der Waals surface area contributed by atoms with Crippen LogP contribution in [0.5, 0.6) is 11.5 Å². The Bertz CT molecular complexity index is 1810. The van der Waals surface area contributed by atoms with Crippen molar-refractivity contribution in [3.8, 4) is 11.5 Å². The second-order valence-electron chi connectivity index (χ2n) is 16.7. The summed E-state index contributed by atoms with van der Waals surface area (Å²) in [5.74, 6) is 0.641. The second-order valence-corrected chi connectivity index (χ2v) is 22.1. The van der Waals surface area contributed by atoms with E-state index in [1.807, 2.05) is 57.2 Å². The van der Waals surface area contributed by atoms with Crippen LogP contribution >= 0.6 is 0 Å². The molecule has 2 aromatic carbocycles. The number of carbonyl (C=O) groups excluding carboxylic acids is 3. The van der Waals surface area contributed by atoms with Crippen molar-refractivity contribution < 1.29 is 38.1 Å². The molecule has 0 spiro atoms. The molecule has 0 radical (unpaired) electrons. The van der Waals surface area contributed by atoms with E-state index in [0.29, 0.717) is 31.0 Å². The van der Waals surface area contributed by atoms with Crippen molar-refractivity contribution in [3.63, 3.8) is 0 Å². The molecule has 4 atom stereocenters. The average molecular weight is 834 g/mol. The van der Waals surface area contributed by atoms with Crippen molar-refractivity contribution in [3.05, 3.63) is 84.1 Å². The van der Waals surface area contributed by atoms with Crippen molar-refractivity contribution in [2.45, 2.75) is 123 Å². The van der Waals surface area contributed by atoms with Gasteiger partial charge in [-0.15, -0.1) is 0 Å². The first-order chi connectivity index (χ1) is 28.0. The summed E-state index contributed by atoms with van der Waals surface area (Å²) >= 11 is 0. The molecule has 4 N–H and O–H groups in total. The summed E-state index contributed by atoms with van der Waals surface area (Å²) in [5.41, 5.74) is 3.60. The molecular weight excluding hydrogens is 767 g/mol. The number of carbonyl (C=O) groups is 3. The van der Waals surface area contributed by atoms with Gasteiger partial charge in [-0.3, -0.25) is 4.79 Å². The maximum Gasteiger partial charge on any atom is 0.416 e. The molecule has 2 heterocycles. The molecule has 324 valence electrons. The monoisotopic (exact) mass is 833 g/mol. The van der Waals surface area contributed by atoms with Crippen molar-refractivity contribution in [1.29, 1.82) is 0 Å². The number of amides is 3. The largest absolute Gasteiger partial charge is 0.540 e. The minimum absolute atomic E-state index is 0.0670. The minimum atomic E-state index is -2.52. The van der Waals surface area contributed by atoms with Crippen LogP contribution in [-0.2, 0) is 16.1 Å². The van der Waals surface area contributed by atoms with E-state index in [4.69, 9.17) is 18.6 Å². The predicted octanol–water partition coefficient (Wildman–Crippen LogP) is 8.73. The number of anilines is 2. The maximum atomic E-state index is 14.3. The summed E-state index contributed by atoms with van der Waals surface area (Å²) < 4.78 is 23.9. The van der Waals surface area contributed by atoms with E-state index in [1.54, 1.807) is 18.3 Å². The van der Waals surface area contributed by atoms with Crippen molar-refractivity contribution in [2.24, 2.45) is 5.92 Å². The van der Waals surface area contributed by atoms with Gasteiger partial charge in [0, 0.05) is 43.1 Å². The van der Waals surface area contributed by atoms with Crippen LogP contribution in [-0.4, -0.2) is 87.6 Å². The van der Waals surface area contributed by atoms with E-state index >= 15 is 0 Å². The van der Waals surface area contributed by atoms with Crippen molar-refractivity contribution in [2.75, 3.05) is 37.0 Å². The molecule has 4 rings (SSSR count). The molecule has 0 bridgehead atoms. The van der Waals surface area contributed by atoms with Gasteiger partial charge in [-0.25, -0.2) is 14.5 Å². The number of methoxy groups -OCH3 is 1. The van der Waals surface area contributed by atoms with Crippen LogP contribution in [0.2, 0.25) is 16.6 Å². The maximum absolute atomic E-state index is 14.3. The van der Waals surface area contributed by atoms with E-state index in [1.165, 1.54) is 23.0 Å². The molecule has 0 fully saturated rings. The van der Waals surface area contributed by atoms with Crippen LogP contribution in [0.15, 0.2) is 73.0 Å². The zero-order valence-corrected chi connectivity index (χ0v) is 37.8. The number of benzene rings is 2. The molecule has 0 aromatic heterocycles. The third kappa shape index (κ3) is 11.1. The number of nitrogens with zero attached hydrogens (tertiary/aromatic N) is 2.